The third kappa shape index (κ3) is 3.28. The van der Waals surface area contributed by atoms with Crippen molar-refractivity contribution in [3.05, 3.63) is 34.3 Å². The number of aryl methyl sites for hydroxylation is 1. The van der Waals surface area contributed by atoms with Gasteiger partial charge in [0.05, 0.1) is 6.04 Å². The van der Waals surface area contributed by atoms with Gasteiger partial charge in [-0.3, -0.25) is 0 Å². The number of amides is 2. The molecule has 25 heavy (non-hydrogen) atoms. The third-order valence-electron chi connectivity index (χ3n) is 4.63. The fourth-order valence-corrected chi connectivity index (χ4v) is 4.13. The summed E-state index contributed by atoms with van der Waals surface area (Å²) in [5.41, 5.74) is 1.72. The Morgan fingerprint density at radius 1 is 1.28 bits per heavy atom. The Morgan fingerprint density at radius 2 is 2.08 bits per heavy atom. The lowest BCUT2D eigenvalue weighted by Crippen LogP contribution is -2.41. The molecule has 1 atom stereocenters. The van der Waals surface area contributed by atoms with E-state index >= 15 is 0 Å². The summed E-state index contributed by atoms with van der Waals surface area (Å²) >= 11 is 1.61. The van der Waals surface area contributed by atoms with Crippen molar-refractivity contribution in [1.82, 2.24) is 9.88 Å². The van der Waals surface area contributed by atoms with Crippen LogP contribution in [0.15, 0.2) is 23.7 Å². The van der Waals surface area contributed by atoms with Crippen molar-refractivity contribution in [2.24, 2.45) is 0 Å². The van der Waals surface area contributed by atoms with E-state index < -0.39 is 0 Å². The number of thiazole rings is 1. The topological polar surface area (TPSA) is 63.7 Å². The van der Waals surface area contributed by atoms with Gasteiger partial charge in [-0.25, -0.2) is 9.78 Å². The highest BCUT2D eigenvalue weighted by Crippen LogP contribution is 2.36. The van der Waals surface area contributed by atoms with Crippen LogP contribution in [0.3, 0.4) is 0 Å². The van der Waals surface area contributed by atoms with Crippen molar-refractivity contribution < 1.29 is 14.3 Å². The summed E-state index contributed by atoms with van der Waals surface area (Å²) in [5.74, 6) is 1.42. The predicted molar refractivity (Wildman–Crippen MR) is 96.6 cm³/mol. The monoisotopic (exact) mass is 359 g/mol. The van der Waals surface area contributed by atoms with Crippen molar-refractivity contribution >= 4 is 23.1 Å². The van der Waals surface area contributed by atoms with Gasteiger partial charge in [0.2, 0.25) is 0 Å². The number of rotatable bonds is 2. The van der Waals surface area contributed by atoms with Gasteiger partial charge < -0.3 is 19.7 Å². The average molecular weight is 359 g/mol. The minimum absolute atomic E-state index is 0.0614. The number of ether oxygens (including phenoxy) is 2. The van der Waals surface area contributed by atoms with Gasteiger partial charge in [0.25, 0.3) is 0 Å². The molecule has 0 radical (unpaired) electrons. The number of aromatic nitrogens is 1. The molecule has 2 amide bonds. The summed E-state index contributed by atoms with van der Waals surface area (Å²) in [6, 6.07) is 3.74. The van der Waals surface area contributed by atoms with Crippen LogP contribution in [0.1, 0.15) is 35.9 Å². The van der Waals surface area contributed by atoms with Crippen LogP contribution in [0.25, 0.3) is 0 Å². The molecule has 1 aromatic heterocycles. The first-order valence-corrected chi connectivity index (χ1v) is 9.47. The predicted octanol–water partition coefficient (Wildman–Crippen LogP) is 3.98. The summed E-state index contributed by atoms with van der Waals surface area (Å²) < 4.78 is 11.2. The number of carbonyl (C=O) groups is 1. The summed E-state index contributed by atoms with van der Waals surface area (Å²) in [6.07, 6.45) is 4.91. The second kappa shape index (κ2) is 6.92. The van der Waals surface area contributed by atoms with Gasteiger partial charge in [-0.2, -0.15) is 0 Å². The molecular weight excluding hydrogens is 338 g/mol. The lowest BCUT2D eigenvalue weighted by atomic mass is 10.0. The van der Waals surface area contributed by atoms with Crippen molar-refractivity contribution in [1.29, 1.82) is 0 Å². The van der Waals surface area contributed by atoms with Crippen LogP contribution in [0.2, 0.25) is 0 Å². The van der Waals surface area contributed by atoms with Gasteiger partial charge in [-0.1, -0.05) is 0 Å². The van der Waals surface area contributed by atoms with Gasteiger partial charge in [0.1, 0.15) is 18.2 Å². The number of likely N-dealkylation sites (tertiary alicyclic amines) is 1. The Morgan fingerprint density at radius 3 is 2.84 bits per heavy atom. The van der Waals surface area contributed by atoms with Gasteiger partial charge in [-0.15, -0.1) is 11.3 Å². The molecule has 0 aliphatic carbocycles. The quantitative estimate of drug-likeness (QED) is 0.881. The Bertz CT molecular complexity index is 763. The van der Waals surface area contributed by atoms with E-state index in [4.69, 9.17) is 9.47 Å². The maximum absolute atomic E-state index is 12.9. The number of hydrogen-bond acceptors (Lipinski definition) is 5. The number of anilines is 1. The number of nitrogens with one attached hydrogen (secondary N) is 1. The summed E-state index contributed by atoms with van der Waals surface area (Å²) in [5, 5.41) is 6.02. The standard InChI is InChI=1S/C18H21N3O3S/c1-12-10-15-16(24-8-7-23-15)11-13(12)20-18(22)21-6-3-2-4-14(21)17-19-5-9-25-17/h5,9-11,14H,2-4,6-8H2,1H3,(H,20,22). The van der Waals surface area contributed by atoms with E-state index in [1.165, 1.54) is 0 Å². The maximum Gasteiger partial charge on any atom is 0.322 e. The fourth-order valence-electron chi connectivity index (χ4n) is 3.34. The first-order chi connectivity index (χ1) is 12.2. The van der Waals surface area contributed by atoms with E-state index in [2.05, 4.69) is 10.3 Å². The van der Waals surface area contributed by atoms with E-state index in [9.17, 15) is 4.79 Å². The molecule has 3 heterocycles. The molecule has 1 fully saturated rings. The summed E-state index contributed by atoms with van der Waals surface area (Å²) in [6.45, 7) is 3.80. The fraction of sp³-hybridized carbons (Fsp3) is 0.444. The molecule has 2 aliphatic rings. The zero-order valence-electron chi connectivity index (χ0n) is 14.2. The van der Waals surface area contributed by atoms with E-state index in [1.54, 1.807) is 17.5 Å². The number of piperidine rings is 1. The lowest BCUT2D eigenvalue weighted by Gasteiger charge is -2.34. The second-order valence-electron chi connectivity index (χ2n) is 6.32. The number of fused-ring (bicyclic) bond motifs is 1. The molecule has 1 N–H and O–H groups in total. The van der Waals surface area contributed by atoms with Crippen molar-refractivity contribution in [2.45, 2.75) is 32.2 Å². The van der Waals surface area contributed by atoms with Gasteiger partial charge in [-0.05, 0) is 37.8 Å². The van der Waals surface area contributed by atoms with Crippen LogP contribution < -0.4 is 14.8 Å². The second-order valence-corrected chi connectivity index (χ2v) is 7.24. The highest BCUT2D eigenvalue weighted by Gasteiger charge is 2.30. The summed E-state index contributed by atoms with van der Waals surface area (Å²) in [4.78, 5) is 19.2. The lowest BCUT2D eigenvalue weighted by molar-refractivity contribution is 0.163. The average Bonchev–Trinajstić information content (AvgIpc) is 3.17. The first kappa shape index (κ1) is 16.2. The largest absolute Gasteiger partial charge is 0.486 e. The van der Waals surface area contributed by atoms with Crippen LogP contribution in [0.4, 0.5) is 10.5 Å². The molecule has 2 aromatic rings. The SMILES string of the molecule is Cc1cc2c(cc1NC(=O)N1CCCCC1c1nccs1)OCCO2. The van der Waals surface area contributed by atoms with Crippen LogP contribution in [0, 0.1) is 6.92 Å². The van der Waals surface area contributed by atoms with E-state index in [0.717, 1.165) is 47.8 Å². The number of nitrogens with zero attached hydrogens (tertiary/aromatic N) is 2. The number of carbonyl (C=O) groups excluding carboxylic acids is 1. The molecule has 7 heteroatoms. The minimum atomic E-state index is -0.0836. The zero-order valence-corrected chi connectivity index (χ0v) is 15.0. The molecule has 1 unspecified atom stereocenters. The molecule has 0 bridgehead atoms. The molecule has 0 saturated carbocycles. The first-order valence-electron chi connectivity index (χ1n) is 8.59. The Hall–Kier alpha value is -2.28. The van der Waals surface area contributed by atoms with E-state index in [-0.39, 0.29) is 12.1 Å². The Labute approximate surface area is 150 Å². The third-order valence-corrected chi connectivity index (χ3v) is 5.51. The highest BCUT2D eigenvalue weighted by molar-refractivity contribution is 7.09. The molecule has 132 valence electrons. The van der Waals surface area contributed by atoms with E-state index in [1.807, 2.05) is 29.3 Å². The Kier molecular flexibility index (Phi) is 4.48. The van der Waals surface area contributed by atoms with Gasteiger partial charge >= 0.3 is 6.03 Å². The smallest absolute Gasteiger partial charge is 0.322 e. The summed E-state index contributed by atoms with van der Waals surface area (Å²) in [7, 11) is 0. The van der Waals surface area contributed by atoms with E-state index in [0.29, 0.717) is 19.0 Å². The molecular formula is C18H21N3O3S. The van der Waals surface area contributed by atoms with Crippen LogP contribution in [-0.2, 0) is 0 Å². The zero-order chi connectivity index (χ0) is 17.2. The van der Waals surface area contributed by atoms with Crippen molar-refractivity contribution in [3.8, 4) is 11.5 Å². The molecule has 4 rings (SSSR count). The van der Waals surface area contributed by atoms with Gasteiger partial charge in [0, 0.05) is 29.9 Å². The molecule has 2 aliphatic heterocycles. The molecule has 0 spiro atoms. The van der Waals surface area contributed by atoms with Gasteiger partial charge in [0.15, 0.2) is 11.5 Å². The van der Waals surface area contributed by atoms with Crippen LogP contribution in [-0.4, -0.2) is 35.7 Å². The Balaban J connectivity index is 1.54. The normalized spacial score (nSPS) is 19.6. The minimum Gasteiger partial charge on any atom is -0.486 e. The molecule has 1 saturated heterocycles. The maximum atomic E-state index is 12.9. The van der Waals surface area contributed by atoms with Crippen LogP contribution in [0.5, 0.6) is 11.5 Å². The number of benzene rings is 1. The van der Waals surface area contributed by atoms with Crippen LogP contribution >= 0.6 is 11.3 Å². The number of hydrogen-bond donors (Lipinski definition) is 1. The van der Waals surface area contributed by atoms with Crippen molar-refractivity contribution in [2.75, 3.05) is 25.1 Å². The molecule has 6 nitrogen and oxygen atoms in total. The van der Waals surface area contributed by atoms with Crippen molar-refractivity contribution in [3.63, 3.8) is 0 Å². The molecule has 1 aromatic carbocycles. The number of urea groups is 1. The highest BCUT2D eigenvalue weighted by atomic mass is 32.1.